The summed E-state index contributed by atoms with van der Waals surface area (Å²) in [4.78, 5) is 2.62. The first-order valence-corrected chi connectivity index (χ1v) is 5.62. The van der Waals surface area contributed by atoms with Gasteiger partial charge in [-0.3, -0.25) is 0 Å². The van der Waals surface area contributed by atoms with Crippen molar-refractivity contribution < 1.29 is 13.2 Å². The van der Waals surface area contributed by atoms with Gasteiger partial charge in [-0.05, 0) is 5.39 Å². The topological polar surface area (TPSA) is 15.8 Å². The maximum absolute atomic E-state index is 12.9. The van der Waals surface area contributed by atoms with Gasteiger partial charge >= 0.3 is 6.18 Å². The van der Waals surface area contributed by atoms with Crippen molar-refractivity contribution >= 4 is 33.3 Å². The molecule has 2 aromatic carbocycles. The second-order valence-corrected chi connectivity index (χ2v) is 4.40. The maximum atomic E-state index is 12.9. The van der Waals surface area contributed by atoms with E-state index in [1.165, 1.54) is 6.07 Å². The molecule has 1 nitrogen and oxygen atoms in total. The van der Waals surface area contributed by atoms with E-state index in [1.807, 2.05) is 12.1 Å². The van der Waals surface area contributed by atoms with Crippen molar-refractivity contribution in [3.63, 3.8) is 0 Å². The predicted octanol–water partition coefficient (Wildman–Crippen LogP) is 4.99. The van der Waals surface area contributed by atoms with Crippen LogP contribution >= 0.6 is 11.6 Å². The van der Waals surface area contributed by atoms with Crippen LogP contribution in [0.1, 0.15) is 5.56 Å². The SMILES string of the molecule is FC(F)(F)c1c(Cl)[nH]c2c1ccc1ccccc12. The number of benzene rings is 2. The van der Waals surface area contributed by atoms with Gasteiger partial charge in [0.2, 0.25) is 0 Å². The zero-order valence-corrected chi connectivity index (χ0v) is 9.73. The molecule has 0 radical (unpaired) electrons. The smallest absolute Gasteiger partial charge is 0.345 e. The number of hydrogen-bond acceptors (Lipinski definition) is 0. The van der Waals surface area contributed by atoms with Gasteiger partial charge in [0.05, 0.1) is 5.52 Å². The van der Waals surface area contributed by atoms with Crippen molar-refractivity contribution in [1.29, 1.82) is 0 Å². The second-order valence-electron chi connectivity index (χ2n) is 4.02. The number of fused-ring (bicyclic) bond motifs is 3. The Labute approximate surface area is 105 Å². The molecule has 1 N–H and O–H groups in total. The molecule has 0 aliphatic carbocycles. The zero-order chi connectivity index (χ0) is 12.9. The fourth-order valence-corrected chi connectivity index (χ4v) is 2.49. The molecule has 1 aromatic heterocycles. The minimum Gasteiger partial charge on any atom is -0.345 e. The Balaban J connectivity index is 2.49. The van der Waals surface area contributed by atoms with Crippen LogP contribution in [-0.2, 0) is 6.18 Å². The van der Waals surface area contributed by atoms with Gasteiger partial charge in [0.25, 0.3) is 0 Å². The lowest BCUT2D eigenvalue weighted by atomic mass is 10.1. The summed E-state index contributed by atoms with van der Waals surface area (Å²) in [6.45, 7) is 0. The number of nitrogens with one attached hydrogen (secondary N) is 1. The largest absolute Gasteiger partial charge is 0.419 e. The van der Waals surface area contributed by atoms with Crippen molar-refractivity contribution in [2.24, 2.45) is 0 Å². The van der Waals surface area contributed by atoms with Crippen molar-refractivity contribution in [3.05, 3.63) is 47.1 Å². The van der Waals surface area contributed by atoms with Crippen molar-refractivity contribution in [2.45, 2.75) is 6.18 Å². The third-order valence-electron chi connectivity index (χ3n) is 2.94. The van der Waals surface area contributed by atoms with E-state index in [0.717, 1.165) is 10.8 Å². The molecule has 1 heterocycles. The standard InChI is InChI=1S/C13H7ClF3N/c14-12-10(13(15,16)17)9-6-5-7-3-1-2-4-8(7)11(9)18-12/h1-6,18H. The molecule has 3 aromatic rings. The molecular weight excluding hydrogens is 263 g/mol. The molecule has 0 aliphatic heterocycles. The second kappa shape index (κ2) is 3.65. The highest BCUT2D eigenvalue weighted by Gasteiger charge is 2.36. The van der Waals surface area contributed by atoms with Crippen LogP contribution < -0.4 is 0 Å². The van der Waals surface area contributed by atoms with E-state index in [-0.39, 0.29) is 10.5 Å². The normalized spacial score (nSPS) is 12.4. The van der Waals surface area contributed by atoms with Crippen molar-refractivity contribution in [1.82, 2.24) is 4.98 Å². The van der Waals surface area contributed by atoms with E-state index < -0.39 is 11.7 Å². The highest BCUT2D eigenvalue weighted by atomic mass is 35.5. The molecule has 0 spiro atoms. The number of H-pyrrole nitrogens is 1. The summed E-state index contributed by atoms with van der Waals surface area (Å²) in [6, 6.07) is 10.3. The van der Waals surface area contributed by atoms with Crippen LogP contribution in [0.5, 0.6) is 0 Å². The van der Waals surface area contributed by atoms with Crippen LogP contribution in [0.4, 0.5) is 13.2 Å². The van der Waals surface area contributed by atoms with Crippen molar-refractivity contribution in [2.75, 3.05) is 0 Å². The molecule has 0 unspecified atom stereocenters. The zero-order valence-electron chi connectivity index (χ0n) is 8.98. The lowest BCUT2D eigenvalue weighted by Gasteiger charge is -2.05. The Kier molecular flexibility index (Phi) is 2.32. The Morgan fingerprint density at radius 1 is 0.944 bits per heavy atom. The molecular formula is C13H7ClF3N. The van der Waals surface area contributed by atoms with Gasteiger partial charge in [0.15, 0.2) is 0 Å². The summed E-state index contributed by atoms with van der Waals surface area (Å²) in [5.41, 5.74) is -0.379. The molecule has 0 fully saturated rings. The monoisotopic (exact) mass is 269 g/mol. The van der Waals surface area contributed by atoms with Crippen LogP contribution in [0, 0.1) is 0 Å². The molecule has 0 aliphatic rings. The van der Waals surface area contributed by atoms with Gasteiger partial charge < -0.3 is 4.98 Å². The minimum atomic E-state index is -4.46. The quantitative estimate of drug-likeness (QED) is 0.591. The summed E-state index contributed by atoms with van der Waals surface area (Å²) in [6.07, 6.45) is -4.46. The first kappa shape index (κ1) is 11.4. The van der Waals surface area contributed by atoms with Gasteiger partial charge in [-0.25, -0.2) is 0 Å². The van der Waals surface area contributed by atoms with Crippen molar-refractivity contribution in [3.8, 4) is 0 Å². The van der Waals surface area contributed by atoms with Crippen LogP contribution in [0.2, 0.25) is 5.15 Å². The molecule has 0 bridgehead atoms. The van der Waals surface area contributed by atoms with Crippen LogP contribution in [0.3, 0.4) is 0 Å². The molecule has 0 amide bonds. The Bertz CT molecular complexity index is 743. The fourth-order valence-electron chi connectivity index (χ4n) is 2.18. The first-order chi connectivity index (χ1) is 8.48. The summed E-state index contributed by atoms with van der Waals surface area (Å²) in [5, 5.41) is 1.34. The number of rotatable bonds is 0. The average molecular weight is 270 g/mol. The number of hydrogen-bond donors (Lipinski definition) is 1. The van der Waals surface area contributed by atoms with Gasteiger partial charge in [0, 0.05) is 10.8 Å². The van der Waals surface area contributed by atoms with Gasteiger partial charge in [-0.2, -0.15) is 13.2 Å². The van der Waals surface area contributed by atoms with E-state index in [1.54, 1.807) is 18.2 Å². The van der Waals surface area contributed by atoms with Gasteiger partial charge in [-0.15, -0.1) is 0 Å². The molecule has 3 rings (SSSR count). The average Bonchev–Trinajstić information content (AvgIpc) is 2.65. The third-order valence-corrected chi connectivity index (χ3v) is 3.22. The Hall–Kier alpha value is -1.68. The summed E-state index contributed by atoms with van der Waals surface area (Å²) in [7, 11) is 0. The highest BCUT2D eigenvalue weighted by Crippen LogP contribution is 2.41. The minimum absolute atomic E-state index is 0.103. The summed E-state index contributed by atoms with van der Waals surface area (Å²) < 4.78 is 38.7. The van der Waals surface area contributed by atoms with E-state index in [0.29, 0.717) is 5.52 Å². The van der Waals surface area contributed by atoms with Crippen LogP contribution in [0.25, 0.3) is 21.7 Å². The van der Waals surface area contributed by atoms with E-state index in [4.69, 9.17) is 11.6 Å². The molecule has 18 heavy (non-hydrogen) atoms. The van der Waals surface area contributed by atoms with E-state index in [2.05, 4.69) is 4.98 Å². The molecule has 0 saturated heterocycles. The molecule has 5 heteroatoms. The lowest BCUT2D eigenvalue weighted by molar-refractivity contribution is -0.136. The molecule has 0 saturated carbocycles. The lowest BCUT2D eigenvalue weighted by Crippen LogP contribution is -2.04. The Morgan fingerprint density at radius 2 is 1.67 bits per heavy atom. The van der Waals surface area contributed by atoms with Gasteiger partial charge in [-0.1, -0.05) is 48.0 Å². The fraction of sp³-hybridized carbons (Fsp3) is 0.0769. The number of aromatic nitrogens is 1. The number of alkyl halides is 3. The van der Waals surface area contributed by atoms with Crippen LogP contribution in [-0.4, -0.2) is 4.98 Å². The first-order valence-electron chi connectivity index (χ1n) is 5.24. The van der Waals surface area contributed by atoms with E-state index in [9.17, 15) is 13.2 Å². The summed E-state index contributed by atoms with van der Waals surface area (Å²) >= 11 is 5.68. The summed E-state index contributed by atoms with van der Waals surface area (Å²) in [5.74, 6) is 0. The number of halogens is 4. The maximum Gasteiger partial charge on any atom is 0.419 e. The molecule has 0 atom stereocenters. The third kappa shape index (κ3) is 1.56. The van der Waals surface area contributed by atoms with Gasteiger partial charge in [0.1, 0.15) is 10.7 Å². The highest BCUT2D eigenvalue weighted by molar-refractivity contribution is 6.32. The predicted molar refractivity (Wildman–Crippen MR) is 65.8 cm³/mol. The number of aromatic amines is 1. The Morgan fingerprint density at radius 3 is 2.39 bits per heavy atom. The van der Waals surface area contributed by atoms with E-state index >= 15 is 0 Å². The molecule has 92 valence electrons. The van der Waals surface area contributed by atoms with Crippen LogP contribution in [0.15, 0.2) is 36.4 Å².